The van der Waals surface area contributed by atoms with Crippen molar-refractivity contribution in [3.63, 3.8) is 0 Å². The predicted octanol–water partition coefficient (Wildman–Crippen LogP) is 3.94. The van der Waals surface area contributed by atoms with Gasteiger partial charge in [-0.1, -0.05) is 25.0 Å². The van der Waals surface area contributed by atoms with Gasteiger partial charge in [0.1, 0.15) is 5.75 Å². The van der Waals surface area contributed by atoms with Gasteiger partial charge >= 0.3 is 0 Å². The minimum atomic E-state index is -0.530. The van der Waals surface area contributed by atoms with Crippen LogP contribution >= 0.6 is 0 Å². The van der Waals surface area contributed by atoms with Crippen LogP contribution in [0.3, 0.4) is 0 Å². The third kappa shape index (κ3) is 4.47. The Morgan fingerprint density at radius 3 is 2.74 bits per heavy atom. The average Bonchev–Trinajstić information content (AvgIpc) is 2.42. The predicted molar refractivity (Wildman–Crippen MR) is 75.3 cm³/mol. The van der Waals surface area contributed by atoms with E-state index >= 15 is 0 Å². The molecule has 1 atom stereocenters. The van der Waals surface area contributed by atoms with Crippen molar-refractivity contribution in [1.82, 2.24) is 0 Å². The molecule has 5 nitrogen and oxygen atoms in total. The minimum Gasteiger partial charge on any atom is -0.496 e. The van der Waals surface area contributed by atoms with E-state index in [-0.39, 0.29) is 0 Å². The Bertz CT molecular complexity index is 454. The molecule has 0 spiro atoms. The maximum atomic E-state index is 10.1. The van der Waals surface area contributed by atoms with Gasteiger partial charge in [0.15, 0.2) is 0 Å². The number of nitrogens with zero attached hydrogens (tertiary/aromatic N) is 3. The number of methoxy groups -OCH3 is 1. The summed E-state index contributed by atoms with van der Waals surface area (Å²) in [5.74, 6) is 1.19. The highest BCUT2D eigenvalue weighted by molar-refractivity contribution is 5.40. The number of hydrogen-bond donors (Lipinski definition) is 1. The molecule has 5 heteroatoms. The van der Waals surface area contributed by atoms with Crippen molar-refractivity contribution in [2.45, 2.75) is 38.7 Å². The van der Waals surface area contributed by atoms with Gasteiger partial charge < -0.3 is 9.84 Å². The molecule has 0 fully saturated rings. The fourth-order valence-electron chi connectivity index (χ4n) is 1.98. The Hall–Kier alpha value is -1.71. The highest BCUT2D eigenvalue weighted by Crippen LogP contribution is 2.30. The summed E-state index contributed by atoms with van der Waals surface area (Å²) in [5, 5.41) is 13.6. The Morgan fingerprint density at radius 2 is 2.16 bits per heavy atom. The standard InChI is InChI=1S/C14H21N3O2/c1-10(2)12-9-11(6-7-14(12)19-3)13(18)5-4-8-16-17-15/h6-7,9-10,13,18H,4-5,8H2,1-3H3. The van der Waals surface area contributed by atoms with Crippen molar-refractivity contribution in [2.24, 2.45) is 5.11 Å². The normalized spacial score (nSPS) is 12.1. The molecule has 19 heavy (non-hydrogen) atoms. The molecule has 0 aromatic heterocycles. The molecule has 1 N–H and O–H groups in total. The molecule has 1 rings (SSSR count). The highest BCUT2D eigenvalue weighted by atomic mass is 16.5. The molecule has 0 amide bonds. The molecule has 0 aliphatic heterocycles. The molecular weight excluding hydrogens is 242 g/mol. The van der Waals surface area contributed by atoms with E-state index in [0.29, 0.717) is 25.3 Å². The number of azide groups is 1. The molecular formula is C14H21N3O2. The maximum Gasteiger partial charge on any atom is 0.122 e. The van der Waals surface area contributed by atoms with E-state index in [0.717, 1.165) is 16.9 Å². The number of ether oxygens (including phenoxy) is 1. The summed E-state index contributed by atoms with van der Waals surface area (Å²) in [4.78, 5) is 2.69. The first-order valence-electron chi connectivity index (χ1n) is 6.47. The third-order valence-corrected chi connectivity index (χ3v) is 3.06. The second-order valence-electron chi connectivity index (χ2n) is 4.77. The maximum absolute atomic E-state index is 10.1. The lowest BCUT2D eigenvalue weighted by molar-refractivity contribution is 0.165. The van der Waals surface area contributed by atoms with Crippen LogP contribution in [-0.4, -0.2) is 18.8 Å². The summed E-state index contributed by atoms with van der Waals surface area (Å²) in [6.45, 7) is 4.60. The first-order valence-corrected chi connectivity index (χ1v) is 6.47. The smallest absolute Gasteiger partial charge is 0.122 e. The minimum absolute atomic E-state index is 0.338. The van der Waals surface area contributed by atoms with E-state index in [9.17, 15) is 5.11 Å². The topological polar surface area (TPSA) is 78.2 Å². The molecule has 0 saturated heterocycles. The average molecular weight is 263 g/mol. The van der Waals surface area contributed by atoms with E-state index in [1.807, 2.05) is 18.2 Å². The number of benzene rings is 1. The van der Waals surface area contributed by atoms with Gasteiger partial charge in [-0.3, -0.25) is 0 Å². The summed E-state index contributed by atoms with van der Waals surface area (Å²) >= 11 is 0. The number of rotatable bonds is 7. The molecule has 0 bridgehead atoms. The van der Waals surface area contributed by atoms with Crippen molar-refractivity contribution in [1.29, 1.82) is 0 Å². The lowest BCUT2D eigenvalue weighted by atomic mass is 9.96. The number of aliphatic hydroxyl groups excluding tert-OH is 1. The number of hydrogen-bond acceptors (Lipinski definition) is 3. The molecule has 1 aromatic rings. The van der Waals surface area contributed by atoms with Crippen LogP contribution in [0, 0.1) is 0 Å². The number of aliphatic hydroxyl groups is 1. The second-order valence-corrected chi connectivity index (χ2v) is 4.77. The Morgan fingerprint density at radius 1 is 1.42 bits per heavy atom. The molecule has 1 aromatic carbocycles. The fraction of sp³-hybridized carbons (Fsp3) is 0.571. The van der Waals surface area contributed by atoms with Crippen molar-refractivity contribution >= 4 is 0 Å². The third-order valence-electron chi connectivity index (χ3n) is 3.06. The van der Waals surface area contributed by atoms with Crippen LogP contribution in [0.15, 0.2) is 23.3 Å². The van der Waals surface area contributed by atoms with Crippen LogP contribution in [-0.2, 0) is 0 Å². The largest absolute Gasteiger partial charge is 0.496 e. The van der Waals surface area contributed by atoms with Crippen molar-refractivity contribution < 1.29 is 9.84 Å². The zero-order valence-electron chi connectivity index (χ0n) is 11.7. The van der Waals surface area contributed by atoms with Crippen molar-refractivity contribution in [2.75, 3.05) is 13.7 Å². The first kappa shape index (κ1) is 15.3. The molecule has 0 radical (unpaired) electrons. The van der Waals surface area contributed by atoms with E-state index < -0.39 is 6.10 Å². The lowest BCUT2D eigenvalue weighted by Crippen LogP contribution is -2.02. The van der Waals surface area contributed by atoms with Crippen LogP contribution in [0.25, 0.3) is 10.4 Å². The second kappa shape index (κ2) is 7.67. The Labute approximate surface area is 113 Å². The Balaban J connectivity index is 2.77. The zero-order chi connectivity index (χ0) is 14.3. The molecule has 0 aliphatic carbocycles. The summed E-state index contributed by atoms with van der Waals surface area (Å²) in [7, 11) is 1.65. The van der Waals surface area contributed by atoms with Crippen LogP contribution in [0.4, 0.5) is 0 Å². The molecule has 0 heterocycles. The summed E-state index contributed by atoms with van der Waals surface area (Å²) in [5.41, 5.74) is 10.2. The summed E-state index contributed by atoms with van der Waals surface area (Å²) < 4.78 is 5.32. The van der Waals surface area contributed by atoms with E-state index in [2.05, 4.69) is 23.9 Å². The van der Waals surface area contributed by atoms with Crippen LogP contribution in [0.1, 0.15) is 49.8 Å². The zero-order valence-corrected chi connectivity index (χ0v) is 11.7. The molecule has 0 aliphatic rings. The first-order chi connectivity index (χ1) is 9.10. The van der Waals surface area contributed by atoms with Gasteiger partial charge in [-0.05, 0) is 47.6 Å². The van der Waals surface area contributed by atoms with Gasteiger partial charge in [0.25, 0.3) is 0 Å². The van der Waals surface area contributed by atoms with Crippen molar-refractivity contribution in [3.05, 3.63) is 39.8 Å². The van der Waals surface area contributed by atoms with Crippen LogP contribution in [0.5, 0.6) is 5.75 Å². The SMILES string of the molecule is COc1ccc(C(O)CCCN=[N+]=[N-])cc1C(C)C. The van der Waals surface area contributed by atoms with Gasteiger partial charge in [0.05, 0.1) is 13.2 Å². The van der Waals surface area contributed by atoms with Gasteiger partial charge in [0.2, 0.25) is 0 Å². The monoisotopic (exact) mass is 263 g/mol. The highest BCUT2D eigenvalue weighted by Gasteiger charge is 2.12. The van der Waals surface area contributed by atoms with Crippen molar-refractivity contribution in [3.8, 4) is 5.75 Å². The van der Waals surface area contributed by atoms with E-state index in [1.165, 1.54) is 0 Å². The summed E-state index contributed by atoms with van der Waals surface area (Å²) in [6.07, 6.45) is 0.731. The van der Waals surface area contributed by atoms with Crippen LogP contribution in [0.2, 0.25) is 0 Å². The summed E-state index contributed by atoms with van der Waals surface area (Å²) in [6, 6.07) is 5.76. The van der Waals surface area contributed by atoms with Gasteiger partial charge in [-0.2, -0.15) is 0 Å². The quantitative estimate of drug-likeness (QED) is 0.350. The van der Waals surface area contributed by atoms with Gasteiger partial charge in [-0.25, -0.2) is 0 Å². The van der Waals surface area contributed by atoms with Crippen LogP contribution < -0.4 is 4.74 Å². The lowest BCUT2D eigenvalue weighted by Gasteiger charge is -2.16. The fourth-order valence-corrected chi connectivity index (χ4v) is 1.98. The molecule has 0 saturated carbocycles. The molecule has 104 valence electrons. The van der Waals surface area contributed by atoms with Gasteiger partial charge in [-0.15, -0.1) is 0 Å². The van der Waals surface area contributed by atoms with Gasteiger partial charge in [0, 0.05) is 11.5 Å². The van der Waals surface area contributed by atoms with E-state index in [1.54, 1.807) is 7.11 Å². The van der Waals surface area contributed by atoms with E-state index in [4.69, 9.17) is 10.3 Å². The Kier molecular flexibility index (Phi) is 6.19. The molecule has 1 unspecified atom stereocenters.